The summed E-state index contributed by atoms with van der Waals surface area (Å²) in [5.74, 6) is 0.578. The number of carbonyl (C=O) groups excluding carboxylic acids is 1. The molecule has 128 valence electrons. The molecule has 7 heteroatoms. The van der Waals surface area contributed by atoms with Crippen LogP contribution < -0.4 is 0 Å². The molecule has 2 aromatic heterocycles. The minimum Gasteiger partial charge on any atom is -0.379 e. The third kappa shape index (κ3) is 2.89. The summed E-state index contributed by atoms with van der Waals surface area (Å²) in [4.78, 5) is 25.4. The van der Waals surface area contributed by atoms with Crippen LogP contribution in [-0.4, -0.2) is 67.0 Å². The molecular formula is C17H23N5O2. The van der Waals surface area contributed by atoms with Crippen molar-refractivity contribution in [2.75, 3.05) is 26.2 Å². The number of aromatic nitrogens is 3. The Balaban J connectivity index is 1.46. The van der Waals surface area contributed by atoms with E-state index in [9.17, 15) is 9.90 Å². The fourth-order valence-electron chi connectivity index (χ4n) is 3.83. The first-order chi connectivity index (χ1) is 11.6. The van der Waals surface area contributed by atoms with Crippen LogP contribution >= 0.6 is 0 Å². The highest BCUT2D eigenvalue weighted by atomic mass is 16.3. The van der Waals surface area contributed by atoms with Gasteiger partial charge in [0.25, 0.3) is 5.91 Å². The summed E-state index contributed by atoms with van der Waals surface area (Å²) >= 11 is 0. The summed E-state index contributed by atoms with van der Waals surface area (Å²) in [5.41, 5.74) is -0.341. The van der Waals surface area contributed by atoms with Crippen LogP contribution in [0.4, 0.5) is 0 Å². The smallest absolute Gasteiger partial charge is 0.255 e. The first-order valence-electron chi connectivity index (χ1n) is 8.67. The largest absolute Gasteiger partial charge is 0.379 e. The first kappa shape index (κ1) is 15.5. The minimum atomic E-state index is -1.25. The van der Waals surface area contributed by atoms with Crippen molar-refractivity contribution in [3.63, 3.8) is 0 Å². The van der Waals surface area contributed by atoms with Gasteiger partial charge in [-0.05, 0) is 38.3 Å². The van der Waals surface area contributed by atoms with Crippen molar-refractivity contribution in [2.45, 2.75) is 37.8 Å². The van der Waals surface area contributed by atoms with Gasteiger partial charge in [0.1, 0.15) is 0 Å². The molecule has 4 rings (SSSR count). The van der Waals surface area contributed by atoms with Crippen molar-refractivity contribution in [3.8, 4) is 0 Å². The summed E-state index contributed by atoms with van der Waals surface area (Å²) in [6.07, 6.45) is 9.05. The predicted octanol–water partition coefficient (Wildman–Crippen LogP) is 0.679. The molecule has 0 aliphatic carbocycles. The van der Waals surface area contributed by atoms with Gasteiger partial charge in [-0.1, -0.05) is 0 Å². The van der Waals surface area contributed by atoms with E-state index >= 15 is 0 Å². The van der Waals surface area contributed by atoms with Crippen molar-refractivity contribution in [1.29, 1.82) is 0 Å². The van der Waals surface area contributed by atoms with Crippen LogP contribution in [0.5, 0.6) is 0 Å². The zero-order valence-electron chi connectivity index (χ0n) is 13.8. The van der Waals surface area contributed by atoms with Crippen molar-refractivity contribution in [3.05, 3.63) is 30.4 Å². The number of aliphatic hydroxyl groups is 1. The van der Waals surface area contributed by atoms with Crippen LogP contribution in [0.15, 0.2) is 24.7 Å². The molecule has 1 N–H and O–H groups in total. The highest BCUT2D eigenvalue weighted by Crippen LogP contribution is 2.26. The van der Waals surface area contributed by atoms with Crippen LogP contribution in [0, 0.1) is 0 Å². The number of carbonyl (C=O) groups is 1. The van der Waals surface area contributed by atoms with Gasteiger partial charge in [-0.15, -0.1) is 0 Å². The summed E-state index contributed by atoms with van der Waals surface area (Å²) in [5, 5.41) is 10.9. The Morgan fingerprint density at radius 3 is 2.88 bits per heavy atom. The fourth-order valence-corrected chi connectivity index (χ4v) is 3.83. The molecule has 0 saturated carbocycles. The quantitative estimate of drug-likeness (QED) is 0.896. The lowest BCUT2D eigenvalue weighted by molar-refractivity contribution is -0.156. The topological polar surface area (TPSA) is 74.0 Å². The van der Waals surface area contributed by atoms with Crippen LogP contribution in [0.1, 0.15) is 31.4 Å². The second kappa shape index (κ2) is 6.14. The molecule has 2 aromatic rings. The van der Waals surface area contributed by atoms with Crippen LogP contribution in [0.3, 0.4) is 0 Å². The number of likely N-dealkylation sites (tertiary alicyclic amines) is 2. The Hall–Kier alpha value is -1.99. The molecule has 2 fully saturated rings. The second-order valence-electron chi connectivity index (χ2n) is 6.90. The third-order valence-electron chi connectivity index (χ3n) is 5.01. The van der Waals surface area contributed by atoms with Crippen molar-refractivity contribution in [1.82, 2.24) is 24.2 Å². The summed E-state index contributed by atoms with van der Waals surface area (Å²) in [6, 6.07) is 1.87. The van der Waals surface area contributed by atoms with E-state index < -0.39 is 5.60 Å². The van der Waals surface area contributed by atoms with E-state index in [-0.39, 0.29) is 5.91 Å². The number of nitrogens with zero attached hydrogens (tertiary/aromatic N) is 5. The number of β-amino-alcohol motifs (C(OH)–C–C–N with tert-alkyl or cyclic N) is 1. The van der Waals surface area contributed by atoms with Crippen molar-refractivity contribution in [2.24, 2.45) is 0 Å². The number of amides is 1. The van der Waals surface area contributed by atoms with Gasteiger partial charge >= 0.3 is 0 Å². The lowest BCUT2D eigenvalue weighted by Gasteiger charge is -2.39. The van der Waals surface area contributed by atoms with Crippen molar-refractivity contribution < 1.29 is 9.90 Å². The summed E-state index contributed by atoms with van der Waals surface area (Å²) in [6.45, 7) is 3.43. The monoisotopic (exact) mass is 329 g/mol. The maximum absolute atomic E-state index is 12.7. The van der Waals surface area contributed by atoms with E-state index in [1.54, 1.807) is 6.20 Å². The van der Waals surface area contributed by atoms with Gasteiger partial charge in [0.15, 0.2) is 5.60 Å². The van der Waals surface area contributed by atoms with E-state index in [0.717, 1.165) is 44.6 Å². The number of rotatable bonds is 3. The molecule has 2 aliphatic rings. The van der Waals surface area contributed by atoms with Crippen molar-refractivity contribution >= 4 is 11.7 Å². The zero-order valence-corrected chi connectivity index (χ0v) is 13.8. The molecule has 1 atom stereocenters. The summed E-state index contributed by atoms with van der Waals surface area (Å²) in [7, 11) is 0. The van der Waals surface area contributed by atoms with Gasteiger partial charge in [-0.2, -0.15) is 0 Å². The number of piperidine rings is 1. The Bertz CT molecular complexity index is 706. The van der Waals surface area contributed by atoms with Gasteiger partial charge in [-0.3, -0.25) is 14.1 Å². The van der Waals surface area contributed by atoms with E-state index in [1.165, 1.54) is 0 Å². The molecule has 0 aromatic carbocycles. The highest BCUT2D eigenvalue weighted by Gasteiger charge is 2.43. The fraction of sp³-hybridized carbons (Fsp3) is 0.588. The van der Waals surface area contributed by atoms with Gasteiger partial charge in [-0.25, -0.2) is 9.97 Å². The molecule has 1 amide bonds. The molecule has 2 saturated heterocycles. The highest BCUT2D eigenvalue weighted by molar-refractivity contribution is 5.85. The van der Waals surface area contributed by atoms with E-state index in [2.05, 4.69) is 14.9 Å². The lowest BCUT2D eigenvalue weighted by atomic mass is 9.91. The Morgan fingerprint density at radius 1 is 1.25 bits per heavy atom. The third-order valence-corrected chi connectivity index (χ3v) is 5.01. The van der Waals surface area contributed by atoms with Crippen LogP contribution in [-0.2, 0) is 11.3 Å². The molecule has 0 bridgehead atoms. The number of fused-ring (bicyclic) bond motifs is 1. The van der Waals surface area contributed by atoms with Crippen LogP contribution in [0.2, 0.25) is 0 Å². The molecule has 0 radical (unpaired) electrons. The first-order valence-corrected chi connectivity index (χ1v) is 8.67. The van der Waals surface area contributed by atoms with Gasteiger partial charge < -0.3 is 10.0 Å². The molecule has 7 nitrogen and oxygen atoms in total. The molecule has 1 unspecified atom stereocenters. The molecule has 2 aliphatic heterocycles. The average Bonchev–Trinajstić information content (AvgIpc) is 3.23. The number of hydrogen-bond acceptors (Lipinski definition) is 5. The van der Waals surface area contributed by atoms with E-state index in [0.29, 0.717) is 25.3 Å². The molecular weight excluding hydrogens is 306 g/mol. The number of hydrogen-bond donors (Lipinski definition) is 1. The molecule has 4 heterocycles. The van der Waals surface area contributed by atoms with Gasteiger partial charge in [0, 0.05) is 44.8 Å². The Kier molecular flexibility index (Phi) is 3.97. The summed E-state index contributed by atoms with van der Waals surface area (Å²) < 4.78 is 1.89. The number of imidazole rings is 1. The van der Waals surface area contributed by atoms with E-state index in [1.807, 2.05) is 27.8 Å². The van der Waals surface area contributed by atoms with Gasteiger partial charge in [0.05, 0.1) is 5.69 Å². The predicted molar refractivity (Wildman–Crippen MR) is 88.3 cm³/mol. The maximum atomic E-state index is 12.7. The standard InChI is InChI=1S/C17H23N5O2/c23-15(21-8-1-2-9-21)17(24)5-3-7-20(13-17)11-14-12-22-10-4-6-18-16(22)19-14/h4,6,10,12,24H,1-3,5,7-9,11,13H2. The lowest BCUT2D eigenvalue weighted by Crippen LogP contribution is -2.57. The maximum Gasteiger partial charge on any atom is 0.255 e. The Morgan fingerprint density at radius 2 is 2.08 bits per heavy atom. The SMILES string of the molecule is O=C(N1CCCC1)C1(O)CCCN(Cc2cn3cccnc3n2)C1. The van der Waals surface area contributed by atoms with E-state index in [4.69, 9.17) is 0 Å². The minimum absolute atomic E-state index is 0.0960. The normalized spacial score (nSPS) is 25.5. The Labute approximate surface area is 140 Å². The van der Waals surface area contributed by atoms with Gasteiger partial charge in [0.2, 0.25) is 5.78 Å². The zero-order chi connectivity index (χ0) is 16.6. The second-order valence-corrected chi connectivity index (χ2v) is 6.90. The molecule has 24 heavy (non-hydrogen) atoms. The van der Waals surface area contributed by atoms with Crippen LogP contribution in [0.25, 0.3) is 5.78 Å². The average molecular weight is 329 g/mol. The molecule has 0 spiro atoms.